The van der Waals surface area contributed by atoms with Crippen LogP contribution in [0.15, 0.2) is 36.4 Å². The highest BCUT2D eigenvalue weighted by Gasteiger charge is 2.15. The van der Waals surface area contributed by atoms with Gasteiger partial charge in [-0.05, 0) is 43.2 Å². The normalized spacial score (nSPS) is 10.6. The van der Waals surface area contributed by atoms with Gasteiger partial charge < -0.3 is 4.90 Å². The van der Waals surface area contributed by atoms with Crippen molar-refractivity contribution in [1.82, 2.24) is 4.90 Å². The molecule has 2 heteroatoms. The summed E-state index contributed by atoms with van der Waals surface area (Å²) in [6.45, 7) is 7.58. The highest BCUT2D eigenvalue weighted by molar-refractivity contribution is 6.08. The van der Waals surface area contributed by atoms with E-state index < -0.39 is 0 Å². The Morgan fingerprint density at radius 2 is 1.67 bits per heavy atom. The Bertz CT molecular complexity index is 565. The topological polar surface area (TPSA) is 20.3 Å². The highest BCUT2D eigenvalue weighted by atomic mass is 16.2. The van der Waals surface area contributed by atoms with Crippen LogP contribution in [-0.4, -0.2) is 23.9 Å². The van der Waals surface area contributed by atoms with Crippen LogP contribution in [0, 0.1) is 6.92 Å². The molecule has 0 aromatic heterocycles. The highest BCUT2D eigenvalue weighted by Crippen LogP contribution is 2.23. The molecule has 0 bridgehead atoms. The monoisotopic (exact) mass is 241 g/mol. The van der Waals surface area contributed by atoms with Crippen LogP contribution < -0.4 is 0 Å². The van der Waals surface area contributed by atoms with Gasteiger partial charge in [-0.15, -0.1) is 0 Å². The van der Waals surface area contributed by atoms with Gasteiger partial charge in [0.2, 0.25) is 0 Å². The molecule has 2 nitrogen and oxygen atoms in total. The first-order valence-corrected chi connectivity index (χ1v) is 6.46. The molecule has 0 aliphatic heterocycles. The number of carbonyl (C=O) groups is 1. The molecule has 0 aliphatic carbocycles. The van der Waals surface area contributed by atoms with E-state index in [0.29, 0.717) is 0 Å². The summed E-state index contributed by atoms with van der Waals surface area (Å²) in [5, 5.41) is 2.21. The molecule has 0 spiro atoms. The third-order valence-electron chi connectivity index (χ3n) is 3.39. The molecular weight excluding hydrogens is 222 g/mol. The van der Waals surface area contributed by atoms with Gasteiger partial charge in [-0.25, -0.2) is 0 Å². The lowest BCUT2D eigenvalue weighted by Crippen LogP contribution is -2.30. The van der Waals surface area contributed by atoms with Crippen molar-refractivity contribution in [3.05, 3.63) is 47.5 Å². The minimum atomic E-state index is 0.125. The Labute approximate surface area is 108 Å². The number of fused-ring (bicyclic) bond motifs is 1. The Morgan fingerprint density at radius 3 is 2.28 bits per heavy atom. The van der Waals surface area contributed by atoms with Crippen LogP contribution in [0.1, 0.15) is 29.8 Å². The number of hydrogen-bond donors (Lipinski definition) is 0. The molecule has 2 aromatic carbocycles. The van der Waals surface area contributed by atoms with Crippen LogP contribution in [0.5, 0.6) is 0 Å². The number of carbonyl (C=O) groups excluding carboxylic acids is 1. The predicted molar refractivity (Wildman–Crippen MR) is 75.9 cm³/mol. The molecule has 0 aliphatic rings. The molecule has 0 unspecified atom stereocenters. The van der Waals surface area contributed by atoms with Crippen LogP contribution in [-0.2, 0) is 0 Å². The van der Waals surface area contributed by atoms with Gasteiger partial charge in [0.05, 0.1) is 0 Å². The molecular formula is C16H19NO. The lowest BCUT2D eigenvalue weighted by Gasteiger charge is -2.20. The van der Waals surface area contributed by atoms with Crippen molar-refractivity contribution < 1.29 is 4.79 Å². The summed E-state index contributed by atoms with van der Waals surface area (Å²) in [5.74, 6) is 0.125. The van der Waals surface area contributed by atoms with Crippen LogP contribution in [0.3, 0.4) is 0 Å². The summed E-state index contributed by atoms with van der Waals surface area (Å²) in [4.78, 5) is 14.4. The van der Waals surface area contributed by atoms with E-state index >= 15 is 0 Å². The Hall–Kier alpha value is -1.83. The van der Waals surface area contributed by atoms with Crippen molar-refractivity contribution in [2.24, 2.45) is 0 Å². The maximum atomic E-state index is 12.5. The summed E-state index contributed by atoms with van der Waals surface area (Å²) in [6, 6.07) is 12.1. The lowest BCUT2D eigenvalue weighted by molar-refractivity contribution is 0.0775. The molecule has 1 amide bonds. The van der Waals surface area contributed by atoms with Gasteiger partial charge in [-0.1, -0.05) is 30.3 Å². The van der Waals surface area contributed by atoms with E-state index in [1.807, 2.05) is 36.9 Å². The number of benzene rings is 2. The Morgan fingerprint density at radius 1 is 1.06 bits per heavy atom. The molecule has 0 saturated heterocycles. The van der Waals surface area contributed by atoms with E-state index in [9.17, 15) is 4.79 Å². The largest absolute Gasteiger partial charge is 0.339 e. The van der Waals surface area contributed by atoms with Gasteiger partial charge in [-0.2, -0.15) is 0 Å². The average Bonchev–Trinajstić information content (AvgIpc) is 2.39. The van der Waals surface area contributed by atoms with Crippen LogP contribution in [0.4, 0.5) is 0 Å². The van der Waals surface area contributed by atoms with Crippen molar-refractivity contribution in [2.45, 2.75) is 20.8 Å². The van der Waals surface area contributed by atoms with E-state index in [1.54, 1.807) is 0 Å². The SMILES string of the molecule is CCN(CC)C(=O)c1cccc2cccc(C)c12. The van der Waals surface area contributed by atoms with Gasteiger partial charge >= 0.3 is 0 Å². The second-order valence-electron chi connectivity index (χ2n) is 4.46. The number of hydrogen-bond acceptors (Lipinski definition) is 1. The van der Waals surface area contributed by atoms with Crippen LogP contribution in [0.2, 0.25) is 0 Å². The van der Waals surface area contributed by atoms with Gasteiger partial charge in [0.1, 0.15) is 0 Å². The molecule has 0 fully saturated rings. The van der Waals surface area contributed by atoms with E-state index in [2.05, 4.69) is 25.1 Å². The number of rotatable bonds is 3. The third-order valence-corrected chi connectivity index (χ3v) is 3.39. The fourth-order valence-electron chi connectivity index (χ4n) is 2.39. The molecule has 18 heavy (non-hydrogen) atoms. The fourth-order valence-corrected chi connectivity index (χ4v) is 2.39. The van der Waals surface area contributed by atoms with Crippen molar-refractivity contribution >= 4 is 16.7 Å². The maximum Gasteiger partial charge on any atom is 0.254 e. The summed E-state index contributed by atoms with van der Waals surface area (Å²) < 4.78 is 0. The zero-order valence-corrected chi connectivity index (χ0v) is 11.2. The minimum absolute atomic E-state index is 0.125. The summed E-state index contributed by atoms with van der Waals surface area (Å²) >= 11 is 0. The molecule has 0 atom stereocenters. The molecule has 2 rings (SSSR count). The van der Waals surface area contributed by atoms with E-state index in [0.717, 1.165) is 35.0 Å². The lowest BCUT2D eigenvalue weighted by atomic mass is 9.99. The van der Waals surface area contributed by atoms with E-state index in [4.69, 9.17) is 0 Å². The first-order chi connectivity index (χ1) is 8.69. The standard InChI is InChI=1S/C16H19NO/c1-4-17(5-2)16(18)14-11-7-10-13-9-6-8-12(3)15(13)14/h6-11H,4-5H2,1-3H3. The quantitative estimate of drug-likeness (QED) is 0.803. The Kier molecular flexibility index (Phi) is 3.66. The zero-order valence-electron chi connectivity index (χ0n) is 11.2. The smallest absolute Gasteiger partial charge is 0.254 e. The molecule has 2 aromatic rings. The van der Waals surface area contributed by atoms with Crippen molar-refractivity contribution in [3.8, 4) is 0 Å². The van der Waals surface area contributed by atoms with Gasteiger partial charge in [0.25, 0.3) is 5.91 Å². The van der Waals surface area contributed by atoms with Gasteiger partial charge in [-0.3, -0.25) is 4.79 Å². The number of amides is 1. The predicted octanol–water partition coefficient (Wildman–Crippen LogP) is 3.63. The van der Waals surface area contributed by atoms with Crippen molar-refractivity contribution in [1.29, 1.82) is 0 Å². The molecule has 94 valence electrons. The van der Waals surface area contributed by atoms with E-state index in [1.165, 1.54) is 0 Å². The summed E-state index contributed by atoms with van der Waals surface area (Å²) in [7, 11) is 0. The second-order valence-corrected chi connectivity index (χ2v) is 4.46. The minimum Gasteiger partial charge on any atom is -0.339 e. The second kappa shape index (κ2) is 5.21. The molecule has 0 N–H and O–H groups in total. The van der Waals surface area contributed by atoms with Crippen molar-refractivity contribution in [3.63, 3.8) is 0 Å². The third kappa shape index (κ3) is 2.10. The van der Waals surface area contributed by atoms with Crippen molar-refractivity contribution in [2.75, 3.05) is 13.1 Å². The van der Waals surface area contributed by atoms with E-state index in [-0.39, 0.29) is 5.91 Å². The fraction of sp³-hybridized carbons (Fsp3) is 0.312. The van der Waals surface area contributed by atoms with Gasteiger partial charge in [0, 0.05) is 18.7 Å². The zero-order chi connectivity index (χ0) is 13.1. The molecule has 0 saturated carbocycles. The molecule has 0 radical (unpaired) electrons. The van der Waals surface area contributed by atoms with Gasteiger partial charge in [0.15, 0.2) is 0 Å². The van der Waals surface area contributed by atoms with Crippen LogP contribution >= 0.6 is 0 Å². The molecule has 0 heterocycles. The van der Waals surface area contributed by atoms with Crippen LogP contribution in [0.25, 0.3) is 10.8 Å². The maximum absolute atomic E-state index is 12.5. The number of aryl methyl sites for hydroxylation is 1. The first-order valence-electron chi connectivity index (χ1n) is 6.46. The average molecular weight is 241 g/mol. The summed E-state index contributed by atoms with van der Waals surface area (Å²) in [5.41, 5.74) is 1.97. The Balaban J connectivity index is 2.61. The summed E-state index contributed by atoms with van der Waals surface area (Å²) in [6.07, 6.45) is 0. The first kappa shape index (κ1) is 12.6. The number of nitrogens with zero attached hydrogens (tertiary/aromatic N) is 1.